The highest BCUT2D eigenvalue weighted by Crippen LogP contribution is 2.26. The zero-order valence-corrected chi connectivity index (χ0v) is 12.2. The van der Waals surface area contributed by atoms with Crippen LogP contribution in [0.25, 0.3) is 17.2 Å². The quantitative estimate of drug-likeness (QED) is 0.684. The van der Waals surface area contributed by atoms with Crippen molar-refractivity contribution in [3.8, 4) is 17.2 Å². The molecule has 0 aliphatic carbocycles. The van der Waals surface area contributed by atoms with Crippen molar-refractivity contribution in [2.45, 2.75) is 0 Å². The number of hydrogen-bond donors (Lipinski definition) is 0. The minimum atomic E-state index is -0.421. The van der Waals surface area contributed by atoms with E-state index in [9.17, 15) is 9.18 Å². The van der Waals surface area contributed by atoms with Gasteiger partial charge in [0.1, 0.15) is 11.5 Å². The first-order valence-electron chi connectivity index (χ1n) is 5.96. The topological polar surface area (TPSA) is 60.7 Å². The van der Waals surface area contributed by atoms with Crippen LogP contribution in [0.4, 0.5) is 4.39 Å². The Morgan fingerprint density at radius 2 is 2.00 bits per heavy atom. The van der Waals surface area contributed by atoms with Gasteiger partial charge in [0.25, 0.3) is 0 Å². The number of aromatic nitrogens is 4. The van der Waals surface area contributed by atoms with Crippen molar-refractivity contribution < 1.29 is 9.18 Å². The zero-order valence-electron chi connectivity index (χ0n) is 10.6. The van der Waals surface area contributed by atoms with E-state index < -0.39 is 5.82 Å². The summed E-state index contributed by atoms with van der Waals surface area (Å²) in [6, 6.07) is 6.24. The molecule has 0 atom stereocenters. The first-order chi connectivity index (χ1) is 10.2. The summed E-state index contributed by atoms with van der Waals surface area (Å²) in [5, 5.41) is 4.27. The molecule has 7 heteroatoms. The number of halogens is 2. The molecule has 104 valence electrons. The molecule has 2 heterocycles. The molecule has 0 aliphatic rings. The van der Waals surface area contributed by atoms with Gasteiger partial charge in [-0.15, -0.1) is 0 Å². The predicted molar refractivity (Wildman–Crippen MR) is 77.6 cm³/mol. The Balaban J connectivity index is 2.12. The van der Waals surface area contributed by atoms with Crippen molar-refractivity contribution in [1.29, 1.82) is 0 Å². The van der Waals surface area contributed by atoms with Gasteiger partial charge in [-0.1, -0.05) is 6.07 Å². The van der Waals surface area contributed by atoms with Gasteiger partial charge in [-0.2, -0.15) is 5.10 Å². The van der Waals surface area contributed by atoms with E-state index in [4.69, 9.17) is 0 Å². The predicted octanol–water partition coefficient (Wildman–Crippen LogP) is 3.04. The van der Waals surface area contributed by atoms with E-state index in [2.05, 4.69) is 31.0 Å². The van der Waals surface area contributed by atoms with Crippen LogP contribution < -0.4 is 0 Å². The van der Waals surface area contributed by atoms with Crippen molar-refractivity contribution in [1.82, 2.24) is 19.7 Å². The van der Waals surface area contributed by atoms with E-state index in [1.807, 2.05) is 0 Å². The molecule has 0 saturated carbocycles. The fourth-order valence-electron chi connectivity index (χ4n) is 1.85. The van der Waals surface area contributed by atoms with E-state index in [0.717, 1.165) is 0 Å². The Morgan fingerprint density at radius 3 is 2.67 bits per heavy atom. The number of benzene rings is 1. The molecule has 3 aromatic rings. The van der Waals surface area contributed by atoms with Crippen LogP contribution in [0.15, 0.2) is 47.3 Å². The lowest BCUT2D eigenvalue weighted by Crippen LogP contribution is -2.00. The van der Waals surface area contributed by atoms with Gasteiger partial charge in [0.15, 0.2) is 6.29 Å². The first-order valence-corrected chi connectivity index (χ1v) is 6.76. The summed E-state index contributed by atoms with van der Waals surface area (Å²) in [7, 11) is 0. The number of carbonyl (C=O) groups excluding carboxylic acids is 1. The molecule has 1 aromatic carbocycles. The van der Waals surface area contributed by atoms with Crippen molar-refractivity contribution in [3.05, 3.63) is 58.7 Å². The lowest BCUT2D eigenvalue weighted by Gasteiger charge is -2.00. The second kappa shape index (κ2) is 5.53. The third-order valence-corrected chi connectivity index (χ3v) is 3.46. The standard InChI is InChI=1S/C14H8BrFN4O/c15-11-3-2-9(6-12(11)16)13-10(8-21)7-20(19-13)14-17-4-1-5-18-14/h1-8H. The van der Waals surface area contributed by atoms with Crippen LogP contribution >= 0.6 is 15.9 Å². The number of hydrogen-bond acceptors (Lipinski definition) is 4. The summed E-state index contributed by atoms with van der Waals surface area (Å²) in [6.45, 7) is 0. The molecule has 3 rings (SSSR count). The molecular formula is C14H8BrFN4O. The highest BCUT2D eigenvalue weighted by atomic mass is 79.9. The molecule has 0 bridgehead atoms. The number of aldehydes is 1. The minimum absolute atomic E-state index is 0.337. The van der Waals surface area contributed by atoms with Gasteiger partial charge in [-0.05, 0) is 34.1 Å². The van der Waals surface area contributed by atoms with Gasteiger partial charge in [0, 0.05) is 24.2 Å². The Hall–Kier alpha value is -2.41. The molecule has 0 amide bonds. The Kier molecular flexibility index (Phi) is 3.57. The van der Waals surface area contributed by atoms with Crippen LogP contribution in [-0.4, -0.2) is 26.0 Å². The lowest BCUT2D eigenvalue weighted by atomic mass is 10.1. The van der Waals surface area contributed by atoms with Crippen LogP contribution in [0.3, 0.4) is 0 Å². The number of rotatable bonds is 3. The summed E-state index contributed by atoms with van der Waals surface area (Å²) >= 11 is 3.09. The highest BCUT2D eigenvalue weighted by Gasteiger charge is 2.14. The molecule has 0 aliphatic heterocycles. The van der Waals surface area contributed by atoms with Gasteiger partial charge in [0.2, 0.25) is 5.95 Å². The van der Waals surface area contributed by atoms with Crippen LogP contribution in [0.1, 0.15) is 10.4 Å². The summed E-state index contributed by atoms with van der Waals surface area (Å²) in [5.74, 6) is -0.0840. The van der Waals surface area contributed by atoms with E-state index >= 15 is 0 Å². The molecule has 0 saturated heterocycles. The average Bonchev–Trinajstić information content (AvgIpc) is 2.95. The maximum atomic E-state index is 13.6. The number of carbonyl (C=O) groups is 1. The summed E-state index contributed by atoms with van der Waals surface area (Å²) in [6.07, 6.45) is 5.33. The monoisotopic (exact) mass is 346 g/mol. The van der Waals surface area contributed by atoms with Crippen molar-refractivity contribution in [2.75, 3.05) is 0 Å². The van der Waals surface area contributed by atoms with Crippen LogP contribution in [0.5, 0.6) is 0 Å². The molecule has 0 radical (unpaired) electrons. The molecule has 21 heavy (non-hydrogen) atoms. The molecular weight excluding hydrogens is 339 g/mol. The van der Waals surface area contributed by atoms with Gasteiger partial charge in [0.05, 0.1) is 10.0 Å². The fourth-order valence-corrected chi connectivity index (χ4v) is 2.10. The minimum Gasteiger partial charge on any atom is -0.298 e. The van der Waals surface area contributed by atoms with Gasteiger partial charge >= 0.3 is 0 Å². The van der Waals surface area contributed by atoms with Crippen molar-refractivity contribution in [3.63, 3.8) is 0 Å². The average molecular weight is 347 g/mol. The fraction of sp³-hybridized carbons (Fsp3) is 0. The maximum absolute atomic E-state index is 13.6. The molecule has 2 aromatic heterocycles. The second-order valence-corrected chi connectivity index (χ2v) is 5.03. The first kappa shape index (κ1) is 13.6. The third-order valence-electron chi connectivity index (χ3n) is 2.82. The number of nitrogens with zero attached hydrogens (tertiary/aromatic N) is 4. The highest BCUT2D eigenvalue weighted by molar-refractivity contribution is 9.10. The van der Waals surface area contributed by atoms with E-state index in [1.165, 1.54) is 16.9 Å². The Labute approximate surface area is 127 Å². The van der Waals surface area contributed by atoms with Crippen LogP contribution in [0, 0.1) is 5.82 Å². The maximum Gasteiger partial charge on any atom is 0.250 e. The van der Waals surface area contributed by atoms with Gasteiger partial charge < -0.3 is 0 Å². The smallest absolute Gasteiger partial charge is 0.250 e. The molecule has 0 spiro atoms. The molecule has 0 N–H and O–H groups in total. The summed E-state index contributed by atoms with van der Waals surface area (Å²) in [4.78, 5) is 19.3. The zero-order chi connectivity index (χ0) is 14.8. The van der Waals surface area contributed by atoms with Crippen LogP contribution in [0.2, 0.25) is 0 Å². The largest absolute Gasteiger partial charge is 0.298 e. The van der Waals surface area contributed by atoms with E-state index in [-0.39, 0.29) is 0 Å². The lowest BCUT2D eigenvalue weighted by molar-refractivity contribution is 0.112. The van der Waals surface area contributed by atoms with Gasteiger partial charge in [-0.3, -0.25) is 4.79 Å². The summed E-state index contributed by atoms with van der Waals surface area (Å²) < 4.78 is 15.4. The Morgan fingerprint density at radius 1 is 1.24 bits per heavy atom. The van der Waals surface area contributed by atoms with Crippen LogP contribution in [-0.2, 0) is 0 Å². The molecule has 0 fully saturated rings. The molecule has 5 nitrogen and oxygen atoms in total. The van der Waals surface area contributed by atoms with E-state index in [0.29, 0.717) is 33.5 Å². The Bertz CT molecular complexity index is 804. The van der Waals surface area contributed by atoms with E-state index in [1.54, 1.807) is 30.6 Å². The van der Waals surface area contributed by atoms with Gasteiger partial charge in [-0.25, -0.2) is 19.0 Å². The second-order valence-electron chi connectivity index (χ2n) is 4.17. The summed E-state index contributed by atoms with van der Waals surface area (Å²) in [5.41, 5.74) is 1.22. The molecule has 0 unspecified atom stereocenters. The SMILES string of the molecule is O=Cc1cn(-c2ncccn2)nc1-c1ccc(Br)c(F)c1. The van der Waals surface area contributed by atoms with Crippen molar-refractivity contribution in [2.24, 2.45) is 0 Å². The normalized spacial score (nSPS) is 10.6. The third kappa shape index (κ3) is 2.59. The van der Waals surface area contributed by atoms with Crippen molar-refractivity contribution >= 4 is 22.2 Å².